The SMILES string of the molecule is CC.CCNc1cc2oc3cc(=O)c(C)cc-3c(-c3ccccc3C(C)CC)c2cc1C.[HH]. The van der Waals surface area contributed by atoms with E-state index in [4.69, 9.17) is 4.42 Å². The zero-order chi connectivity index (χ0) is 23.4. The van der Waals surface area contributed by atoms with Gasteiger partial charge < -0.3 is 9.73 Å². The first-order valence-corrected chi connectivity index (χ1v) is 11.8. The summed E-state index contributed by atoms with van der Waals surface area (Å²) in [5, 5.41) is 4.49. The number of benzene rings is 3. The van der Waals surface area contributed by atoms with Gasteiger partial charge in [-0.25, -0.2) is 0 Å². The molecule has 1 atom stereocenters. The molecule has 0 saturated heterocycles. The summed E-state index contributed by atoms with van der Waals surface area (Å²) >= 11 is 0. The van der Waals surface area contributed by atoms with Crippen molar-refractivity contribution in [3.63, 3.8) is 0 Å². The number of hydrogen-bond acceptors (Lipinski definition) is 3. The highest BCUT2D eigenvalue weighted by Gasteiger charge is 2.22. The zero-order valence-electron chi connectivity index (χ0n) is 20.4. The van der Waals surface area contributed by atoms with Crippen LogP contribution < -0.4 is 10.7 Å². The molecule has 32 heavy (non-hydrogen) atoms. The van der Waals surface area contributed by atoms with Crippen LogP contribution in [0.2, 0.25) is 0 Å². The molecule has 0 saturated carbocycles. The van der Waals surface area contributed by atoms with Gasteiger partial charge in [0.1, 0.15) is 11.3 Å². The van der Waals surface area contributed by atoms with Gasteiger partial charge in [-0.3, -0.25) is 4.79 Å². The highest BCUT2D eigenvalue weighted by molar-refractivity contribution is 6.04. The smallest absolute Gasteiger partial charge is 0.185 e. The second kappa shape index (κ2) is 10.0. The standard InChI is InChI=1S/C27H29NO2.C2H6.H2/c1-6-16(3)19-10-8-9-11-20(19)27-21-12-17(4)23(28-7-2)14-25(21)30-26-15-24(29)18(5)13-22(26)27;1-2;/h8-16,28H,6-7H2,1-5H3;1-2H3;1H. The highest BCUT2D eigenvalue weighted by Crippen LogP contribution is 2.44. The summed E-state index contributed by atoms with van der Waals surface area (Å²) in [4.78, 5) is 12.4. The highest BCUT2D eigenvalue weighted by atomic mass is 16.3. The number of hydrogen-bond donors (Lipinski definition) is 1. The summed E-state index contributed by atoms with van der Waals surface area (Å²) in [7, 11) is 0. The van der Waals surface area contributed by atoms with Gasteiger partial charge in [-0.15, -0.1) is 0 Å². The number of aryl methyl sites for hydroxylation is 2. The maximum atomic E-state index is 12.4. The molecule has 1 aliphatic carbocycles. The van der Waals surface area contributed by atoms with Crippen molar-refractivity contribution in [3.05, 3.63) is 75.4 Å². The minimum Gasteiger partial charge on any atom is -0.456 e. The largest absolute Gasteiger partial charge is 0.456 e. The van der Waals surface area contributed by atoms with Gasteiger partial charge in [-0.2, -0.15) is 0 Å². The van der Waals surface area contributed by atoms with Crippen molar-refractivity contribution in [2.24, 2.45) is 0 Å². The number of rotatable bonds is 5. The minimum absolute atomic E-state index is 0. The quantitative estimate of drug-likeness (QED) is 0.323. The van der Waals surface area contributed by atoms with E-state index in [0.29, 0.717) is 11.7 Å². The van der Waals surface area contributed by atoms with Crippen molar-refractivity contribution in [3.8, 4) is 22.5 Å². The van der Waals surface area contributed by atoms with E-state index in [9.17, 15) is 4.79 Å². The van der Waals surface area contributed by atoms with E-state index in [2.05, 4.69) is 69.4 Å². The predicted octanol–water partition coefficient (Wildman–Crippen LogP) is 8.40. The van der Waals surface area contributed by atoms with Gasteiger partial charge in [0.25, 0.3) is 0 Å². The molecule has 0 fully saturated rings. The zero-order valence-corrected chi connectivity index (χ0v) is 20.4. The number of fused-ring (bicyclic) bond motifs is 2. The van der Waals surface area contributed by atoms with Gasteiger partial charge >= 0.3 is 0 Å². The molecular formula is C29H37NO2. The van der Waals surface area contributed by atoms with Gasteiger partial charge in [-0.05, 0) is 67.5 Å². The molecule has 3 nitrogen and oxygen atoms in total. The normalized spacial score (nSPS) is 11.8. The van der Waals surface area contributed by atoms with Crippen molar-refractivity contribution in [1.82, 2.24) is 0 Å². The molecule has 0 spiro atoms. The van der Waals surface area contributed by atoms with Crippen LogP contribution in [-0.4, -0.2) is 6.54 Å². The van der Waals surface area contributed by atoms with Crippen molar-refractivity contribution < 1.29 is 5.84 Å². The fourth-order valence-electron chi connectivity index (χ4n) is 4.23. The molecular weight excluding hydrogens is 394 g/mol. The lowest BCUT2D eigenvalue weighted by Crippen LogP contribution is -2.06. The van der Waals surface area contributed by atoms with E-state index in [-0.39, 0.29) is 6.86 Å². The fraction of sp³-hybridized carbons (Fsp3) is 0.345. The van der Waals surface area contributed by atoms with Crippen molar-refractivity contribution in [2.75, 3.05) is 11.9 Å². The Morgan fingerprint density at radius 1 is 0.969 bits per heavy atom. The Bertz CT molecular complexity index is 1260. The first kappa shape index (κ1) is 23.6. The van der Waals surface area contributed by atoms with Crippen LogP contribution in [0.4, 0.5) is 5.69 Å². The summed E-state index contributed by atoms with van der Waals surface area (Å²) in [5.41, 5.74) is 8.45. The van der Waals surface area contributed by atoms with E-state index in [1.54, 1.807) is 6.07 Å². The third-order valence-electron chi connectivity index (χ3n) is 6.10. The van der Waals surface area contributed by atoms with Crippen LogP contribution in [-0.2, 0) is 0 Å². The molecule has 2 aromatic carbocycles. The molecule has 4 rings (SSSR count). The van der Waals surface area contributed by atoms with Crippen LogP contribution in [0.3, 0.4) is 0 Å². The van der Waals surface area contributed by atoms with Crippen molar-refractivity contribution >= 4 is 16.7 Å². The molecule has 1 unspecified atom stereocenters. The van der Waals surface area contributed by atoms with E-state index in [1.807, 2.05) is 26.8 Å². The first-order chi connectivity index (χ1) is 15.4. The van der Waals surface area contributed by atoms with Gasteiger partial charge in [0.2, 0.25) is 0 Å². The monoisotopic (exact) mass is 431 g/mol. The molecule has 3 heteroatoms. The maximum Gasteiger partial charge on any atom is 0.185 e. The maximum absolute atomic E-state index is 12.4. The average molecular weight is 432 g/mol. The van der Waals surface area contributed by atoms with E-state index in [0.717, 1.165) is 46.3 Å². The topological polar surface area (TPSA) is 42.2 Å². The Kier molecular flexibility index (Phi) is 7.40. The lowest BCUT2D eigenvalue weighted by Gasteiger charge is -2.21. The predicted molar refractivity (Wildman–Crippen MR) is 140 cm³/mol. The Morgan fingerprint density at radius 2 is 1.69 bits per heavy atom. The molecule has 1 heterocycles. The van der Waals surface area contributed by atoms with E-state index >= 15 is 0 Å². The first-order valence-electron chi connectivity index (χ1n) is 11.8. The van der Waals surface area contributed by atoms with Crippen LogP contribution >= 0.6 is 0 Å². The van der Waals surface area contributed by atoms with Crippen LogP contribution in [0.15, 0.2) is 57.7 Å². The Hall–Kier alpha value is -3.07. The summed E-state index contributed by atoms with van der Waals surface area (Å²) in [6.45, 7) is 15.4. The second-order valence-corrected chi connectivity index (χ2v) is 8.18. The lowest BCUT2D eigenvalue weighted by molar-refractivity contribution is 0.619. The molecule has 2 aliphatic rings. The molecule has 0 aromatic heterocycles. The van der Waals surface area contributed by atoms with E-state index in [1.165, 1.54) is 16.7 Å². The lowest BCUT2D eigenvalue weighted by atomic mass is 9.85. The van der Waals surface area contributed by atoms with Crippen molar-refractivity contribution in [1.29, 1.82) is 0 Å². The Labute approximate surface area is 193 Å². The van der Waals surface area contributed by atoms with E-state index < -0.39 is 0 Å². The summed E-state index contributed by atoms with van der Waals surface area (Å²) in [6.07, 6.45) is 1.07. The molecule has 0 radical (unpaired) electrons. The molecule has 0 amide bonds. The summed E-state index contributed by atoms with van der Waals surface area (Å²) in [5.74, 6) is 1.07. The Balaban J connectivity index is 0.00000125. The third-order valence-corrected chi connectivity index (χ3v) is 6.10. The van der Waals surface area contributed by atoms with Crippen LogP contribution in [0.5, 0.6) is 0 Å². The molecule has 170 valence electrons. The Morgan fingerprint density at radius 3 is 2.38 bits per heavy atom. The van der Waals surface area contributed by atoms with Crippen LogP contribution in [0.1, 0.15) is 65.1 Å². The molecule has 0 bridgehead atoms. The molecule has 1 N–H and O–H groups in total. The second-order valence-electron chi connectivity index (χ2n) is 8.18. The number of nitrogens with one attached hydrogen (secondary N) is 1. The van der Waals surface area contributed by atoms with Gasteiger partial charge in [0, 0.05) is 42.3 Å². The van der Waals surface area contributed by atoms with Crippen LogP contribution in [0, 0.1) is 13.8 Å². The number of anilines is 1. The van der Waals surface area contributed by atoms with Gasteiger partial charge in [0.05, 0.1) is 0 Å². The van der Waals surface area contributed by atoms with Crippen molar-refractivity contribution in [2.45, 2.75) is 60.8 Å². The van der Waals surface area contributed by atoms with Gasteiger partial charge in [0.15, 0.2) is 5.43 Å². The average Bonchev–Trinajstić information content (AvgIpc) is 2.80. The van der Waals surface area contributed by atoms with Gasteiger partial charge in [-0.1, -0.05) is 52.0 Å². The summed E-state index contributed by atoms with van der Waals surface area (Å²) < 4.78 is 6.27. The third kappa shape index (κ3) is 4.29. The molecule has 1 aliphatic heterocycles. The van der Waals surface area contributed by atoms with Crippen LogP contribution in [0.25, 0.3) is 33.4 Å². The summed E-state index contributed by atoms with van der Waals surface area (Å²) in [6, 6.07) is 16.5. The molecule has 2 aromatic rings. The fourth-order valence-corrected chi connectivity index (χ4v) is 4.23. The minimum atomic E-state index is 0.